The Morgan fingerprint density at radius 2 is 1.62 bits per heavy atom. The maximum Gasteiger partial charge on any atom is 0.164 e. The Morgan fingerprint density at radius 1 is 0.952 bits per heavy atom. The monoisotopic (exact) mass is 308 g/mol. The largest absolute Gasteiger partial charge is 0.496 e. The van der Waals surface area contributed by atoms with Crippen molar-refractivity contribution in [2.24, 2.45) is 0 Å². The molecule has 0 saturated carbocycles. The highest BCUT2D eigenvalue weighted by molar-refractivity contribution is 6.76. The lowest BCUT2D eigenvalue weighted by molar-refractivity contribution is 0.296. The summed E-state index contributed by atoms with van der Waals surface area (Å²) in [6.45, 7) is 9.75. The van der Waals surface area contributed by atoms with Gasteiger partial charge in [-0.1, -0.05) is 31.8 Å². The minimum Gasteiger partial charge on any atom is -0.496 e. The first-order chi connectivity index (χ1) is 9.87. The molecule has 0 amide bonds. The second kappa shape index (κ2) is 8.13. The fourth-order valence-electron chi connectivity index (χ4n) is 1.93. The van der Waals surface area contributed by atoms with Crippen LogP contribution in [-0.2, 0) is 0 Å². The van der Waals surface area contributed by atoms with E-state index in [-0.39, 0.29) is 0 Å². The van der Waals surface area contributed by atoms with Crippen LogP contribution in [0.25, 0.3) is 0 Å². The Bertz CT molecular complexity index is 476. The molecule has 0 atom stereocenters. The smallest absolute Gasteiger partial charge is 0.164 e. The number of hydrogen-bond donors (Lipinski definition) is 0. The first-order valence-corrected chi connectivity index (χ1v) is 11.1. The van der Waals surface area contributed by atoms with E-state index in [4.69, 9.17) is 14.2 Å². The molecule has 0 spiro atoms. The number of benzene rings is 1. The third-order valence-electron chi connectivity index (χ3n) is 3.12. The van der Waals surface area contributed by atoms with Crippen LogP contribution in [0.5, 0.6) is 17.2 Å². The highest BCUT2D eigenvalue weighted by Crippen LogP contribution is 2.34. The van der Waals surface area contributed by atoms with Gasteiger partial charge in [-0.2, -0.15) is 0 Å². The van der Waals surface area contributed by atoms with E-state index >= 15 is 0 Å². The van der Waals surface area contributed by atoms with Crippen LogP contribution in [0.2, 0.25) is 25.7 Å². The van der Waals surface area contributed by atoms with Gasteiger partial charge in [-0.25, -0.2) is 0 Å². The van der Waals surface area contributed by atoms with Crippen molar-refractivity contribution in [2.75, 3.05) is 20.8 Å². The normalized spacial score (nSPS) is 11.7. The minimum absolute atomic E-state index is 0.644. The lowest BCUT2D eigenvalue weighted by Gasteiger charge is -2.14. The van der Waals surface area contributed by atoms with Gasteiger partial charge in [-0.05, 0) is 31.0 Å². The molecule has 0 aromatic heterocycles. The molecule has 21 heavy (non-hydrogen) atoms. The summed E-state index contributed by atoms with van der Waals surface area (Å²) in [4.78, 5) is 0. The van der Waals surface area contributed by atoms with E-state index in [1.807, 2.05) is 19.1 Å². The van der Waals surface area contributed by atoms with Crippen molar-refractivity contribution in [1.29, 1.82) is 0 Å². The Morgan fingerprint density at radius 3 is 2.19 bits per heavy atom. The third kappa shape index (κ3) is 6.25. The van der Waals surface area contributed by atoms with Gasteiger partial charge in [0.15, 0.2) is 11.5 Å². The highest BCUT2D eigenvalue weighted by atomic mass is 28.3. The molecule has 0 N–H and O–H groups in total. The van der Waals surface area contributed by atoms with E-state index in [0.29, 0.717) is 6.61 Å². The topological polar surface area (TPSA) is 27.7 Å². The second-order valence-corrected chi connectivity index (χ2v) is 11.9. The molecule has 0 heterocycles. The summed E-state index contributed by atoms with van der Waals surface area (Å²) in [7, 11) is 2.34. The zero-order valence-electron chi connectivity index (χ0n) is 14.2. The zero-order valence-corrected chi connectivity index (χ0v) is 15.2. The Hall–Kier alpha value is -1.42. The number of methoxy groups -OCH3 is 2. The summed E-state index contributed by atoms with van der Waals surface area (Å²) < 4.78 is 16.5. The summed E-state index contributed by atoms with van der Waals surface area (Å²) in [5, 5.41) is 0. The van der Waals surface area contributed by atoms with Gasteiger partial charge < -0.3 is 14.2 Å². The average Bonchev–Trinajstić information content (AvgIpc) is 2.42. The fraction of sp³-hybridized carbons (Fsp3) is 0.529. The molecular formula is C17H28O3Si. The average molecular weight is 308 g/mol. The quantitative estimate of drug-likeness (QED) is 0.396. The molecule has 1 aromatic rings. The van der Waals surface area contributed by atoms with E-state index in [1.165, 1.54) is 6.04 Å². The van der Waals surface area contributed by atoms with E-state index < -0.39 is 8.07 Å². The van der Waals surface area contributed by atoms with Gasteiger partial charge in [0.05, 0.1) is 20.8 Å². The number of ether oxygens (including phenoxy) is 3. The van der Waals surface area contributed by atoms with Crippen molar-refractivity contribution < 1.29 is 14.2 Å². The van der Waals surface area contributed by atoms with Crippen LogP contribution in [0.1, 0.15) is 12.0 Å². The van der Waals surface area contributed by atoms with Crippen molar-refractivity contribution >= 4 is 8.07 Å². The predicted molar refractivity (Wildman–Crippen MR) is 91.7 cm³/mol. The summed E-state index contributed by atoms with van der Waals surface area (Å²) >= 11 is 0. The Kier molecular flexibility index (Phi) is 6.82. The van der Waals surface area contributed by atoms with Crippen LogP contribution in [0.3, 0.4) is 0 Å². The zero-order chi connectivity index (χ0) is 15.9. The number of aryl methyl sites for hydroxylation is 1. The van der Waals surface area contributed by atoms with Crippen LogP contribution in [0.15, 0.2) is 24.3 Å². The molecule has 0 aliphatic carbocycles. The number of allylic oxidation sites excluding steroid dienone is 1. The first kappa shape index (κ1) is 17.6. The van der Waals surface area contributed by atoms with E-state index in [0.717, 1.165) is 29.2 Å². The van der Waals surface area contributed by atoms with E-state index in [9.17, 15) is 0 Å². The molecule has 3 nitrogen and oxygen atoms in total. The molecule has 118 valence electrons. The van der Waals surface area contributed by atoms with Crippen LogP contribution < -0.4 is 14.2 Å². The SMILES string of the molecule is COc1cc(OCC/C=C/C[Si](C)(C)C)c(OC)cc1C. The third-order valence-corrected chi connectivity index (χ3v) is 4.58. The van der Waals surface area contributed by atoms with E-state index in [1.54, 1.807) is 14.2 Å². The first-order valence-electron chi connectivity index (χ1n) is 7.38. The van der Waals surface area contributed by atoms with Crippen LogP contribution in [0, 0.1) is 6.92 Å². The molecule has 0 aliphatic rings. The number of rotatable bonds is 8. The molecule has 0 aliphatic heterocycles. The highest BCUT2D eigenvalue weighted by Gasteiger charge is 2.10. The van der Waals surface area contributed by atoms with Gasteiger partial charge in [-0.3, -0.25) is 0 Å². The van der Waals surface area contributed by atoms with Crippen molar-refractivity contribution in [3.05, 3.63) is 29.8 Å². The minimum atomic E-state index is -0.979. The summed E-state index contributed by atoms with van der Waals surface area (Å²) in [6.07, 6.45) is 5.39. The maximum absolute atomic E-state index is 5.81. The molecule has 4 heteroatoms. The second-order valence-electron chi connectivity index (χ2n) is 6.35. The van der Waals surface area contributed by atoms with Gasteiger partial charge in [-0.15, -0.1) is 0 Å². The van der Waals surface area contributed by atoms with Crippen molar-refractivity contribution in [3.8, 4) is 17.2 Å². The van der Waals surface area contributed by atoms with Crippen LogP contribution >= 0.6 is 0 Å². The summed E-state index contributed by atoms with van der Waals surface area (Å²) in [5.41, 5.74) is 1.04. The van der Waals surface area contributed by atoms with Gasteiger partial charge in [0.1, 0.15) is 5.75 Å². The molecule has 1 aromatic carbocycles. The fourth-order valence-corrected chi connectivity index (χ4v) is 2.80. The van der Waals surface area contributed by atoms with Crippen LogP contribution in [0.4, 0.5) is 0 Å². The Labute approximate surface area is 129 Å². The maximum atomic E-state index is 5.81. The molecular weight excluding hydrogens is 280 g/mol. The van der Waals surface area contributed by atoms with Crippen molar-refractivity contribution in [2.45, 2.75) is 39.0 Å². The van der Waals surface area contributed by atoms with Gasteiger partial charge >= 0.3 is 0 Å². The Balaban J connectivity index is 2.55. The van der Waals surface area contributed by atoms with E-state index in [2.05, 4.69) is 31.8 Å². The number of hydrogen-bond acceptors (Lipinski definition) is 3. The van der Waals surface area contributed by atoms with Gasteiger partial charge in [0.25, 0.3) is 0 Å². The molecule has 0 unspecified atom stereocenters. The van der Waals surface area contributed by atoms with Gasteiger partial charge in [0, 0.05) is 14.1 Å². The lowest BCUT2D eigenvalue weighted by Crippen LogP contribution is -2.17. The molecule has 0 bridgehead atoms. The molecule has 0 saturated heterocycles. The molecule has 0 radical (unpaired) electrons. The van der Waals surface area contributed by atoms with Crippen molar-refractivity contribution in [3.63, 3.8) is 0 Å². The standard InChI is InChI=1S/C17H28O3Si/c1-14-12-16(19-3)17(13-15(14)18-2)20-10-8-7-9-11-21(4,5)6/h7,9,12-13H,8,10-11H2,1-6H3/b9-7+. The lowest BCUT2D eigenvalue weighted by atomic mass is 10.2. The molecule has 1 rings (SSSR count). The molecule has 0 fully saturated rings. The predicted octanol–water partition coefficient (Wildman–Crippen LogP) is 4.68. The van der Waals surface area contributed by atoms with Crippen LogP contribution in [-0.4, -0.2) is 28.9 Å². The summed E-state index contributed by atoms with van der Waals surface area (Å²) in [5.74, 6) is 2.30. The van der Waals surface area contributed by atoms with Crippen molar-refractivity contribution in [1.82, 2.24) is 0 Å². The van der Waals surface area contributed by atoms with Gasteiger partial charge in [0.2, 0.25) is 0 Å². The summed E-state index contributed by atoms with van der Waals surface area (Å²) in [6, 6.07) is 5.05.